The van der Waals surface area contributed by atoms with Gasteiger partial charge in [0.25, 0.3) is 0 Å². The van der Waals surface area contributed by atoms with Gasteiger partial charge in [-0.2, -0.15) is 0 Å². The number of aryl methyl sites for hydroxylation is 1. The first-order valence-corrected chi connectivity index (χ1v) is 4.38. The van der Waals surface area contributed by atoms with Crippen molar-refractivity contribution in [1.29, 1.82) is 0 Å². The van der Waals surface area contributed by atoms with E-state index in [0.717, 1.165) is 0 Å². The summed E-state index contributed by atoms with van der Waals surface area (Å²) < 4.78 is 13.1. The molecule has 0 aliphatic rings. The van der Waals surface area contributed by atoms with Gasteiger partial charge < -0.3 is 5.11 Å². The first kappa shape index (κ1) is 10.5. The molecule has 1 aromatic carbocycles. The third-order valence-electron chi connectivity index (χ3n) is 1.92. The molecule has 0 fully saturated rings. The van der Waals surface area contributed by atoms with Crippen molar-refractivity contribution in [1.82, 2.24) is 0 Å². The van der Waals surface area contributed by atoms with Crippen LogP contribution in [0.1, 0.15) is 25.0 Å². The van der Waals surface area contributed by atoms with E-state index in [1.165, 1.54) is 6.07 Å². The molecule has 0 heterocycles. The lowest BCUT2D eigenvalue weighted by Gasteiger charge is -2.18. The molecule has 13 heavy (non-hydrogen) atoms. The lowest BCUT2D eigenvalue weighted by molar-refractivity contribution is 0.0784. The van der Waals surface area contributed by atoms with Gasteiger partial charge in [0.05, 0.1) is 10.6 Å². The average Bonchev–Trinajstić information content (AvgIpc) is 1.97. The molecule has 0 spiro atoms. The maximum Gasteiger partial charge on any atom is 0.144 e. The monoisotopic (exact) mass is 202 g/mol. The van der Waals surface area contributed by atoms with E-state index in [2.05, 4.69) is 0 Å². The Morgan fingerprint density at radius 2 is 1.92 bits per heavy atom. The smallest absolute Gasteiger partial charge is 0.144 e. The highest BCUT2D eigenvalue weighted by atomic mass is 35.5. The lowest BCUT2D eigenvalue weighted by Crippen LogP contribution is -2.15. The highest BCUT2D eigenvalue weighted by molar-refractivity contribution is 6.30. The van der Waals surface area contributed by atoms with E-state index < -0.39 is 11.4 Å². The van der Waals surface area contributed by atoms with Gasteiger partial charge in [0.1, 0.15) is 5.82 Å². The molecule has 0 saturated heterocycles. The summed E-state index contributed by atoms with van der Waals surface area (Å²) >= 11 is 5.64. The first-order chi connectivity index (χ1) is 5.82. The van der Waals surface area contributed by atoms with Crippen molar-refractivity contribution in [2.75, 3.05) is 0 Å². The standard InChI is InChI=1S/C10H12ClFO/c1-6-4-7(10(2,3)13)5-8(11)9(6)12/h4-5,13H,1-3H3. The van der Waals surface area contributed by atoms with E-state index >= 15 is 0 Å². The van der Waals surface area contributed by atoms with Crippen LogP contribution in [0, 0.1) is 12.7 Å². The Morgan fingerprint density at radius 3 is 2.31 bits per heavy atom. The van der Waals surface area contributed by atoms with Gasteiger partial charge in [-0.25, -0.2) is 4.39 Å². The molecule has 0 bridgehead atoms. The summed E-state index contributed by atoms with van der Waals surface area (Å²) in [4.78, 5) is 0. The molecule has 0 radical (unpaired) electrons. The van der Waals surface area contributed by atoms with E-state index in [1.54, 1.807) is 26.8 Å². The second-order valence-corrected chi connectivity index (χ2v) is 4.06. The van der Waals surface area contributed by atoms with Gasteiger partial charge in [0.2, 0.25) is 0 Å². The topological polar surface area (TPSA) is 20.2 Å². The largest absolute Gasteiger partial charge is 0.386 e. The molecule has 72 valence electrons. The van der Waals surface area contributed by atoms with Crippen molar-refractivity contribution in [3.8, 4) is 0 Å². The van der Waals surface area contributed by atoms with Crippen molar-refractivity contribution in [2.24, 2.45) is 0 Å². The molecular weight excluding hydrogens is 191 g/mol. The number of aliphatic hydroxyl groups is 1. The summed E-state index contributed by atoms with van der Waals surface area (Å²) in [6, 6.07) is 3.05. The van der Waals surface area contributed by atoms with Crippen molar-refractivity contribution in [2.45, 2.75) is 26.4 Å². The van der Waals surface area contributed by atoms with Gasteiger partial charge in [-0.1, -0.05) is 17.7 Å². The minimum absolute atomic E-state index is 0.0529. The van der Waals surface area contributed by atoms with Gasteiger partial charge in [0.15, 0.2) is 0 Å². The molecule has 1 rings (SSSR count). The summed E-state index contributed by atoms with van der Waals surface area (Å²) in [5.41, 5.74) is 0.0864. The summed E-state index contributed by atoms with van der Waals surface area (Å²) in [6.45, 7) is 4.89. The van der Waals surface area contributed by atoms with Crippen molar-refractivity contribution >= 4 is 11.6 Å². The normalized spacial score (nSPS) is 11.8. The Kier molecular flexibility index (Phi) is 2.64. The van der Waals surface area contributed by atoms with Crippen molar-refractivity contribution < 1.29 is 9.50 Å². The maximum absolute atomic E-state index is 13.1. The Bertz CT molecular complexity index is 305. The number of hydrogen-bond donors (Lipinski definition) is 1. The van der Waals surface area contributed by atoms with Crippen LogP contribution in [0.5, 0.6) is 0 Å². The number of rotatable bonds is 1. The molecule has 0 amide bonds. The van der Waals surface area contributed by atoms with E-state index in [0.29, 0.717) is 11.1 Å². The number of hydrogen-bond acceptors (Lipinski definition) is 1. The van der Waals surface area contributed by atoms with Crippen LogP contribution in [0.4, 0.5) is 4.39 Å². The molecular formula is C10H12ClFO. The van der Waals surface area contributed by atoms with Crippen LogP contribution in [-0.2, 0) is 5.60 Å². The van der Waals surface area contributed by atoms with Crippen LogP contribution in [0.15, 0.2) is 12.1 Å². The van der Waals surface area contributed by atoms with Gasteiger partial charge >= 0.3 is 0 Å². The quantitative estimate of drug-likeness (QED) is 0.742. The molecule has 0 atom stereocenters. The molecule has 3 heteroatoms. The fourth-order valence-electron chi connectivity index (χ4n) is 1.08. The Balaban J connectivity index is 3.29. The van der Waals surface area contributed by atoms with E-state index in [4.69, 9.17) is 11.6 Å². The Labute approximate surface area is 82.2 Å². The zero-order valence-electron chi connectivity index (χ0n) is 7.86. The minimum Gasteiger partial charge on any atom is -0.386 e. The third kappa shape index (κ3) is 2.20. The van der Waals surface area contributed by atoms with Gasteiger partial charge in [-0.15, -0.1) is 0 Å². The van der Waals surface area contributed by atoms with Crippen molar-refractivity contribution in [3.63, 3.8) is 0 Å². The van der Waals surface area contributed by atoms with Crippen LogP contribution in [0.25, 0.3) is 0 Å². The predicted molar refractivity (Wildman–Crippen MR) is 51.4 cm³/mol. The summed E-state index contributed by atoms with van der Waals surface area (Å²) in [5.74, 6) is -0.422. The third-order valence-corrected chi connectivity index (χ3v) is 2.19. The van der Waals surface area contributed by atoms with Crippen LogP contribution >= 0.6 is 11.6 Å². The predicted octanol–water partition coefficient (Wildman–Crippen LogP) is 3.01. The summed E-state index contributed by atoms with van der Waals surface area (Å²) in [6.07, 6.45) is 0. The minimum atomic E-state index is -0.984. The molecule has 1 aromatic rings. The lowest BCUT2D eigenvalue weighted by atomic mass is 9.97. The van der Waals surface area contributed by atoms with Gasteiger partial charge in [0, 0.05) is 0 Å². The van der Waals surface area contributed by atoms with Crippen LogP contribution in [0.2, 0.25) is 5.02 Å². The second kappa shape index (κ2) is 3.28. The molecule has 1 N–H and O–H groups in total. The van der Waals surface area contributed by atoms with E-state index in [-0.39, 0.29) is 5.02 Å². The zero-order chi connectivity index (χ0) is 10.2. The fraction of sp³-hybridized carbons (Fsp3) is 0.400. The number of halogens is 2. The summed E-state index contributed by atoms with van der Waals surface area (Å²) in [7, 11) is 0. The number of benzene rings is 1. The molecule has 0 saturated carbocycles. The fourth-order valence-corrected chi connectivity index (χ4v) is 1.35. The van der Waals surface area contributed by atoms with Crippen LogP contribution in [0.3, 0.4) is 0 Å². The summed E-state index contributed by atoms with van der Waals surface area (Å²) in [5, 5.41) is 9.70. The molecule has 0 aliphatic carbocycles. The zero-order valence-corrected chi connectivity index (χ0v) is 8.61. The molecule has 1 nitrogen and oxygen atoms in total. The van der Waals surface area contributed by atoms with Gasteiger partial charge in [-0.3, -0.25) is 0 Å². The molecule has 0 unspecified atom stereocenters. The van der Waals surface area contributed by atoms with Crippen LogP contribution in [-0.4, -0.2) is 5.11 Å². The Hall–Kier alpha value is -0.600. The maximum atomic E-state index is 13.1. The Morgan fingerprint density at radius 1 is 1.38 bits per heavy atom. The second-order valence-electron chi connectivity index (χ2n) is 3.65. The van der Waals surface area contributed by atoms with Crippen LogP contribution < -0.4 is 0 Å². The van der Waals surface area contributed by atoms with E-state index in [1.807, 2.05) is 0 Å². The highest BCUT2D eigenvalue weighted by Crippen LogP contribution is 2.27. The average molecular weight is 203 g/mol. The first-order valence-electron chi connectivity index (χ1n) is 4.01. The molecule has 0 aromatic heterocycles. The van der Waals surface area contributed by atoms with E-state index in [9.17, 15) is 9.50 Å². The van der Waals surface area contributed by atoms with Gasteiger partial charge in [-0.05, 0) is 38.0 Å². The highest BCUT2D eigenvalue weighted by Gasteiger charge is 2.18. The van der Waals surface area contributed by atoms with Crippen molar-refractivity contribution in [3.05, 3.63) is 34.1 Å². The molecule has 0 aliphatic heterocycles. The SMILES string of the molecule is Cc1cc(C(C)(C)O)cc(Cl)c1F.